The first-order chi connectivity index (χ1) is 16.7. The van der Waals surface area contributed by atoms with Crippen LogP contribution < -0.4 is 10.6 Å². The normalized spacial score (nSPS) is 12.8. The van der Waals surface area contributed by atoms with Gasteiger partial charge in [0.25, 0.3) is 5.91 Å². The molecule has 0 fully saturated rings. The van der Waals surface area contributed by atoms with Crippen molar-refractivity contribution in [2.45, 2.75) is 79.0 Å². The highest BCUT2D eigenvalue weighted by molar-refractivity contribution is 5.98. The molecule has 0 unspecified atom stereocenters. The van der Waals surface area contributed by atoms with Crippen LogP contribution in [0.15, 0.2) is 29.0 Å². The summed E-state index contributed by atoms with van der Waals surface area (Å²) in [4.78, 5) is 36.7. The first-order valence-electron chi connectivity index (χ1n) is 12.2. The van der Waals surface area contributed by atoms with Gasteiger partial charge in [0, 0.05) is 24.7 Å². The van der Waals surface area contributed by atoms with Crippen LogP contribution >= 0.6 is 0 Å². The van der Waals surface area contributed by atoms with E-state index in [4.69, 9.17) is 9.15 Å². The number of carbonyl (C=O) groups excluding carboxylic acids is 2. The predicted octanol–water partition coefficient (Wildman–Crippen LogP) is 3.96. The number of nitrogens with zero attached hydrogens (tertiary/aromatic N) is 3. The Morgan fingerprint density at radius 2 is 1.89 bits per heavy atom. The summed E-state index contributed by atoms with van der Waals surface area (Å²) in [6.07, 6.45) is 2.48. The van der Waals surface area contributed by atoms with Crippen molar-refractivity contribution in [3.05, 3.63) is 41.7 Å². The Balaban J connectivity index is 2.35. The van der Waals surface area contributed by atoms with Crippen LogP contribution in [0.3, 0.4) is 0 Å². The average molecular weight is 504 g/mol. The molecule has 0 radical (unpaired) electrons. The topological polar surface area (TPSA) is 130 Å². The van der Waals surface area contributed by atoms with Crippen LogP contribution in [-0.4, -0.2) is 63.3 Å². The molecule has 3 N–H and O–H groups in total. The van der Waals surface area contributed by atoms with Gasteiger partial charge in [0.2, 0.25) is 0 Å². The van der Waals surface area contributed by atoms with Crippen molar-refractivity contribution >= 4 is 17.8 Å². The number of nitrogens with one attached hydrogen (secondary N) is 2. The quantitative estimate of drug-likeness (QED) is 0.444. The minimum atomic E-state index is -0.673. The molecular weight excluding hydrogens is 462 g/mol. The maximum Gasteiger partial charge on any atom is 0.407 e. The molecule has 10 nitrogen and oxygen atoms in total. The number of furan rings is 1. The van der Waals surface area contributed by atoms with Gasteiger partial charge in [0.05, 0.1) is 25.5 Å². The highest BCUT2D eigenvalue weighted by Crippen LogP contribution is 2.24. The lowest BCUT2D eigenvalue weighted by Gasteiger charge is -2.33. The van der Waals surface area contributed by atoms with E-state index in [2.05, 4.69) is 20.6 Å². The summed E-state index contributed by atoms with van der Waals surface area (Å²) in [6.45, 7) is 15.6. The van der Waals surface area contributed by atoms with Gasteiger partial charge in [0.15, 0.2) is 0 Å². The maximum absolute atomic E-state index is 13.8. The van der Waals surface area contributed by atoms with Gasteiger partial charge in [-0.05, 0) is 38.8 Å². The van der Waals surface area contributed by atoms with E-state index in [9.17, 15) is 14.7 Å². The SMILES string of the molecule is CC(C)CN(C(=O)c1cnc(C(C)(C)C)nc1NCc1ccco1)[C@H](CO)CNC(=O)OC(C)(C)C. The molecular formula is C26H41N5O5. The number of ether oxygens (including phenoxy) is 1. The summed E-state index contributed by atoms with van der Waals surface area (Å²) < 4.78 is 10.7. The van der Waals surface area contributed by atoms with Gasteiger partial charge < -0.3 is 29.8 Å². The minimum Gasteiger partial charge on any atom is -0.467 e. The van der Waals surface area contributed by atoms with Gasteiger partial charge in [-0.15, -0.1) is 0 Å². The fourth-order valence-corrected chi connectivity index (χ4v) is 3.35. The summed E-state index contributed by atoms with van der Waals surface area (Å²) in [6, 6.07) is 2.94. The molecule has 0 saturated carbocycles. The van der Waals surface area contributed by atoms with Crippen molar-refractivity contribution in [2.75, 3.05) is 25.0 Å². The number of aromatic nitrogens is 2. The zero-order valence-electron chi connectivity index (χ0n) is 22.7. The van der Waals surface area contributed by atoms with Crippen LogP contribution in [0.2, 0.25) is 0 Å². The van der Waals surface area contributed by atoms with E-state index in [0.29, 0.717) is 30.5 Å². The molecule has 0 spiro atoms. The van der Waals surface area contributed by atoms with E-state index in [1.54, 1.807) is 38.0 Å². The molecule has 2 rings (SSSR count). The van der Waals surface area contributed by atoms with Crippen molar-refractivity contribution in [3.8, 4) is 0 Å². The lowest BCUT2D eigenvalue weighted by molar-refractivity contribution is 0.0437. The van der Waals surface area contributed by atoms with Gasteiger partial charge in [-0.1, -0.05) is 34.6 Å². The first kappa shape index (κ1) is 29.1. The van der Waals surface area contributed by atoms with Crippen molar-refractivity contribution < 1.29 is 23.8 Å². The van der Waals surface area contributed by atoms with Crippen molar-refractivity contribution in [1.29, 1.82) is 0 Å². The molecule has 2 aromatic heterocycles. The molecule has 0 bridgehead atoms. The number of anilines is 1. The summed E-state index contributed by atoms with van der Waals surface area (Å²) in [7, 11) is 0. The average Bonchev–Trinajstić information content (AvgIpc) is 3.28. The van der Waals surface area contributed by atoms with Gasteiger partial charge in [-0.25, -0.2) is 14.8 Å². The number of aliphatic hydroxyl groups is 1. The van der Waals surface area contributed by atoms with E-state index in [1.165, 1.54) is 6.20 Å². The molecule has 36 heavy (non-hydrogen) atoms. The van der Waals surface area contributed by atoms with Crippen LogP contribution in [0.25, 0.3) is 0 Å². The maximum atomic E-state index is 13.8. The highest BCUT2D eigenvalue weighted by atomic mass is 16.6. The first-order valence-corrected chi connectivity index (χ1v) is 12.2. The van der Waals surface area contributed by atoms with Gasteiger partial charge >= 0.3 is 6.09 Å². The lowest BCUT2D eigenvalue weighted by Crippen LogP contribution is -2.51. The summed E-state index contributed by atoms with van der Waals surface area (Å²) >= 11 is 0. The predicted molar refractivity (Wildman–Crippen MR) is 138 cm³/mol. The van der Waals surface area contributed by atoms with E-state index in [-0.39, 0.29) is 36.0 Å². The molecule has 0 aliphatic heterocycles. The Labute approximate surface area is 213 Å². The lowest BCUT2D eigenvalue weighted by atomic mass is 9.95. The Morgan fingerprint density at radius 1 is 1.19 bits per heavy atom. The van der Waals surface area contributed by atoms with Crippen LogP contribution in [0.4, 0.5) is 10.6 Å². The second-order valence-electron chi connectivity index (χ2n) is 11.2. The fraction of sp³-hybridized carbons (Fsp3) is 0.615. The van der Waals surface area contributed by atoms with Crippen LogP contribution in [0, 0.1) is 5.92 Å². The van der Waals surface area contributed by atoms with E-state index < -0.39 is 17.7 Å². The molecule has 200 valence electrons. The van der Waals surface area contributed by atoms with Crippen LogP contribution in [-0.2, 0) is 16.7 Å². The molecule has 0 saturated heterocycles. The van der Waals surface area contributed by atoms with Gasteiger partial charge in [-0.2, -0.15) is 0 Å². The molecule has 0 aliphatic rings. The molecule has 2 aromatic rings. The summed E-state index contributed by atoms with van der Waals surface area (Å²) in [5.74, 6) is 1.41. The van der Waals surface area contributed by atoms with Gasteiger partial charge in [-0.3, -0.25) is 4.79 Å². The monoisotopic (exact) mass is 503 g/mol. The number of alkyl carbamates (subject to hydrolysis) is 1. The highest BCUT2D eigenvalue weighted by Gasteiger charge is 2.30. The molecule has 2 heterocycles. The largest absolute Gasteiger partial charge is 0.467 e. The summed E-state index contributed by atoms with van der Waals surface area (Å²) in [5, 5.41) is 16.0. The Kier molecular flexibility index (Phi) is 9.86. The number of amides is 2. The van der Waals surface area contributed by atoms with E-state index in [0.717, 1.165) is 0 Å². The zero-order chi connectivity index (χ0) is 27.1. The smallest absolute Gasteiger partial charge is 0.407 e. The minimum absolute atomic E-state index is 0.0277. The van der Waals surface area contributed by atoms with Gasteiger partial charge in [0.1, 0.15) is 28.6 Å². The van der Waals surface area contributed by atoms with Crippen molar-refractivity contribution in [1.82, 2.24) is 20.2 Å². The molecule has 0 aliphatic carbocycles. The molecule has 1 atom stereocenters. The molecule has 2 amide bonds. The van der Waals surface area contributed by atoms with E-state index in [1.807, 2.05) is 40.7 Å². The summed E-state index contributed by atoms with van der Waals surface area (Å²) in [5.41, 5.74) is -0.719. The number of rotatable bonds is 10. The zero-order valence-corrected chi connectivity index (χ0v) is 22.7. The fourth-order valence-electron chi connectivity index (χ4n) is 3.35. The molecule has 10 heteroatoms. The van der Waals surface area contributed by atoms with Crippen LogP contribution in [0.5, 0.6) is 0 Å². The number of hydrogen-bond donors (Lipinski definition) is 3. The second-order valence-corrected chi connectivity index (χ2v) is 11.2. The van der Waals surface area contributed by atoms with Crippen molar-refractivity contribution in [3.63, 3.8) is 0 Å². The third-order valence-electron chi connectivity index (χ3n) is 5.06. The number of aliphatic hydroxyl groups excluding tert-OH is 1. The Bertz CT molecular complexity index is 993. The Morgan fingerprint density at radius 3 is 2.42 bits per heavy atom. The molecule has 0 aromatic carbocycles. The Hall–Kier alpha value is -3.14. The third kappa shape index (κ3) is 8.82. The van der Waals surface area contributed by atoms with Crippen molar-refractivity contribution in [2.24, 2.45) is 5.92 Å². The number of carbonyl (C=O) groups is 2. The standard InChI is InChI=1S/C26H41N5O5/c1-17(2)15-31(18(16-32)12-29-24(34)36-26(6,7)8)22(33)20-14-28-23(25(3,4)5)30-21(20)27-13-19-10-9-11-35-19/h9-11,14,17-18,32H,12-13,15-16H2,1-8H3,(H,29,34)(H,27,28,30)/t18-/m0/s1. The second kappa shape index (κ2) is 12.2. The third-order valence-corrected chi connectivity index (χ3v) is 5.06. The van der Waals surface area contributed by atoms with Crippen LogP contribution in [0.1, 0.15) is 77.3 Å². The van der Waals surface area contributed by atoms with E-state index >= 15 is 0 Å². The number of hydrogen-bond acceptors (Lipinski definition) is 8.